The minimum absolute atomic E-state index is 0.000705. The molecule has 1 aromatic heterocycles. The third-order valence-electron chi connectivity index (χ3n) is 7.55. The highest BCUT2D eigenvalue weighted by Gasteiger charge is 2.62. The number of nitroso groups, excluding NO2 is 1. The number of rotatable bonds is 9. The van der Waals surface area contributed by atoms with Crippen LogP contribution in [-0.4, -0.2) is 50.5 Å². The van der Waals surface area contributed by atoms with Crippen LogP contribution in [0.1, 0.15) is 70.2 Å². The average molecular weight is 474 g/mol. The number of hydrogen-bond acceptors (Lipinski definition) is 7. The Morgan fingerprint density at radius 3 is 2.56 bits per heavy atom. The Hall–Kier alpha value is -2.75. The van der Waals surface area contributed by atoms with Crippen molar-refractivity contribution in [2.75, 3.05) is 6.61 Å². The maximum Gasteiger partial charge on any atom is 0.258 e. The van der Waals surface area contributed by atoms with E-state index in [1.54, 1.807) is 26.1 Å². The first-order valence-corrected chi connectivity index (χ1v) is 11.9. The number of hydrogen-bond donors (Lipinski definition) is 3. The number of carbonyl (C=O) groups is 2. The van der Waals surface area contributed by atoms with Crippen molar-refractivity contribution in [2.45, 2.75) is 77.0 Å². The first kappa shape index (κ1) is 24.4. The lowest BCUT2D eigenvalue weighted by atomic mass is 9.49. The smallest absolute Gasteiger partial charge is 0.258 e. The molecule has 0 saturated heterocycles. The van der Waals surface area contributed by atoms with Crippen molar-refractivity contribution < 1.29 is 19.4 Å². The molecule has 186 valence electrons. The van der Waals surface area contributed by atoms with Crippen LogP contribution in [0.15, 0.2) is 17.4 Å². The third kappa shape index (κ3) is 4.47. The molecule has 4 fully saturated rings. The second kappa shape index (κ2) is 8.48. The van der Waals surface area contributed by atoms with Crippen LogP contribution in [0.2, 0.25) is 0 Å². The Morgan fingerprint density at radius 1 is 1.35 bits per heavy atom. The van der Waals surface area contributed by atoms with Gasteiger partial charge in [0.05, 0.1) is 23.8 Å². The summed E-state index contributed by atoms with van der Waals surface area (Å²) < 4.78 is 7.39. The zero-order chi connectivity index (χ0) is 24.9. The number of nitrogens with one attached hydrogen (secondary N) is 1. The van der Waals surface area contributed by atoms with Gasteiger partial charge in [0.15, 0.2) is 0 Å². The highest BCUT2D eigenvalue weighted by Crippen LogP contribution is 2.59. The van der Waals surface area contributed by atoms with Crippen LogP contribution in [-0.2, 0) is 4.79 Å². The normalized spacial score (nSPS) is 32.4. The molecule has 2 amide bonds. The van der Waals surface area contributed by atoms with Crippen molar-refractivity contribution in [3.05, 3.63) is 22.7 Å². The molecule has 2 unspecified atom stereocenters. The van der Waals surface area contributed by atoms with E-state index in [1.165, 1.54) is 10.9 Å². The van der Waals surface area contributed by atoms with Crippen molar-refractivity contribution in [2.24, 2.45) is 34.1 Å². The summed E-state index contributed by atoms with van der Waals surface area (Å²) in [5, 5.41) is 21.8. The van der Waals surface area contributed by atoms with E-state index < -0.39 is 22.5 Å². The molecule has 4 N–H and O–H groups in total. The fraction of sp³-hybridized carbons (Fsp3) is 0.708. The summed E-state index contributed by atoms with van der Waals surface area (Å²) in [6, 6.07) is -0.145. The van der Waals surface area contributed by atoms with E-state index in [0.29, 0.717) is 38.7 Å². The largest absolute Gasteiger partial charge is 0.477 e. The van der Waals surface area contributed by atoms with E-state index in [1.807, 2.05) is 13.8 Å². The van der Waals surface area contributed by atoms with Crippen molar-refractivity contribution >= 4 is 18.0 Å². The van der Waals surface area contributed by atoms with Crippen LogP contribution < -0.4 is 15.8 Å². The van der Waals surface area contributed by atoms with Crippen LogP contribution in [0.3, 0.4) is 0 Å². The molecule has 4 aliphatic rings. The molecule has 2 atom stereocenters. The van der Waals surface area contributed by atoms with Crippen molar-refractivity contribution in [3.8, 4) is 5.88 Å². The maximum absolute atomic E-state index is 13.4. The lowest BCUT2D eigenvalue weighted by Crippen LogP contribution is -2.66. The lowest BCUT2D eigenvalue weighted by Gasteiger charge is -2.60. The topological polar surface area (TPSA) is 149 Å². The molecule has 1 aromatic rings. The summed E-state index contributed by atoms with van der Waals surface area (Å²) >= 11 is 0. The second-order valence-corrected chi connectivity index (χ2v) is 11.5. The number of nitrogens with zero attached hydrogens (tertiary/aromatic N) is 3. The summed E-state index contributed by atoms with van der Waals surface area (Å²) in [5.74, 6) is -0.285. The van der Waals surface area contributed by atoms with Gasteiger partial charge in [0.2, 0.25) is 11.8 Å². The number of primary amides is 1. The number of aromatic nitrogens is 2. The van der Waals surface area contributed by atoms with Gasteiger partial charge in [-0.25, -0.2) is 4.68 Å². The van der Waals surface area contributed by atoms with Gasteiger partial charge in [-0.15, -0.1) is 0 Å². The van der Waals surface area contributed by atoms with E-state index in [4.69, 9.17) is 10.5 Å². The number of ether oxygens (including phenoxy) is 1. The van der Waals surface area contributed by atoms with Gasteiger partial charge in [-0.1, -0.05) is 25.1 Å². The third-order valence-corrected chi connectivity index (χ3v) is 7.55. The molecular weight excluding hydrogens is 438 g/mol. The summed E-state index contributed by atoms with van der Waals surface area (Å²) in [6.45, 7) is 7.78. The van der Waals surface area contributed by atoms with Gasteiger partial charge in [-0.05, 0) is 57.3 Å². The molecule has 5 rings (SSSR count). The van der Waals surface area contributed by atoms with E-state index in [2.05, 4.69) is 15.6 Å². The Labute approximate surface area is 199 Å². The molecule has 0 spiro atoms. The quantitative estimate of drug-likeness (QED) is 0.469. The molecule has 1 heterocycles. The van der Waals surface area contributed by atoms with E-state index in [0.717, 1.165) is 0 Å². The van der Waals surface area contributed by atoms with Gasteiger partial charge in [-0.2, -0.15) is 10.0 Å². The number of carbonyl (C=O) groups excluding carboxylic acids is 2. The molecule has 0 aromatic carbocycles. The molecule has 10 heteroatoms. The molecule has 4 bridgehead atoms. The average Bonchev–Trinajstić information content (AvgIpc) is 3.15. The van der Waals surface area contributed by atoms with Gasteiger partial charge in [-0.3, -0.25) is 9.59 Å². The standard InChI is InChI=1S/C24H35N5O5/c1-14(2)12-34-20-17(11-26-29(20)6-5-22(3,4)21(25)31)19(30)27-18-15-7-23(28-33)8-16(18)10-24(32,9-15)13-23/h5-6,11,14-16,18,32H,7-10,12-13H2,1-4H3,(H2,25,31)(H,27,30)/b6-5+. The molecule has 34 heavy (non-hydrogen) atoms. The predicted octanol–water partition coefficient (Wildman–Crippen LogP) is 2.46. The Balaban J connectivity index is 1.56. The predicted molar refractivity (Wildman–Crippen MR) is 126 cm³/mol. The summed E-state index contributed by atoms with van der Waals surface area (Å²) in [5.41, 5.74) is 3.27. The van der Waals surface area contributed by atoms with Crippen molar-refractivity contribution in [1.29, 1.82) is 0 Å². The molecule has 4 saturated carbocycles. The van der Waals surface area contributed by atoms with Crippen LogP contribution in [0, 0.1) is 28.1 Å². The van der Waals surface area contributed by atoms with Crippen LogP contribution >= 0.6 is 0 Å². The molecule has 10 nitrogen and oxygen atoms in total. The molecular formula is C24H35N5O5. The van der Waals surface area contributed by atoms with Gasteiger partial charge in [0, 0.05) is 18.7 Å². The Kier molecular flexibility index (Phi) is 6.08. The Bertz CT molecular complexity index is 997. The maximum atomic E-state index is 13.4. The lowest BCUT2D eigenvalue weighted by molar-refractivity contribution is -0.145. The van der Waals surface area contributed by atoms with Crippen LogP contribution in [0.4, 0.5) is 0 Å². The van der Waals surface area contributed by atoms with Gasteiger partial charge in [0.1, 0.15) is 11.1 Å². The minimum atomic E-state index is -0.896. The number of aliphatic hydroxyl groups is 1. The fourth-order valence-corrected chi connectivity index (χ4v) is 5.97. The highest BCUT2D eigenvalue weighted by atomic mass is 16.5. The summed E-state index contributed by atoms with van der Waals surface area (Å²) in [7, 11) is 0. The SMILES string of the molecule is CC(C)COc1c(C(=O)NC2C3CC4(O)CC2CC(N=O)(C3)C4)cnn1/C=C/C(C)(C)C(N)=O. The van der Waals surface area contributed by atoms with Gasteiger partial charge in [0.25, 0.3) is 5.91 Å². The highest BCUT2D eigenvalue weighted by molar-refractivity contribution is 5.96. The summed E-state index contributed by atoms with van der Waals surface area (Å²) in [4.78, 5) is 36.6. The Morgan fingerprint density at radius 2 is 2.00 bits per heavy atom. The van der Waals surface area contributed by atoms with E-state index in [-0.39, 0.29) is 41.1 Å². The zero-order valence-electron chi connectivity index (χ0n) is 20.3. The molecule has 4 aliphatic carbocycles. The molecule has 0 radical (unpaired) electrons. The van der Waals surface area contributed by atoms with Crippen molar-refractivity contribution in [1.82, 2.24) is 15.1 Å². The molecule has 0 aliphatic heterocycles. The first-order valence-electron chi connectivity index (χ1n) is 11.9. The fourth-order valence-electron chi connectivity index (χ4n) is 5.97. The first-order chi connectivity index (χ1) is 15.9. The number of amides is 2. The zero-order valence-corrected chi connectivity index (χ0v) is 20.3. The van der Waals surface area contributed by atoms with E-state index >= 15 is 0 Å². The van der Waals surface area contributed by atoms with Gasteiger partial charge >= 0.3 is 0 Å². The second-order valence-electron chi connectivity index (χ2n) is 11.5. The number of nitrogens with two attached hydrogens (primary N) is 1. The van der Waals surface area contributed by atoms with Crippen LogP contribution in [0.5, 0.6) is 5.88 Å². The van der Waals surface area contributed by atoms with Gasteiger partial charge < -0.3 is 20.9 Å². The van der Waals surface area contributed by atoms with E-state index in [9.17, 15) is 19.6 Å². The monoisotopic (exact) mass is 473 g/mol. The minimum Gasteiger partial charge on any atom is -0.477 e. The van der Waals surface area contributed by atoms with Crippen LogP contribution in [0.25, 0.3) is 6.20 Å². The van der Waals surface area contributed by atoms with Crippen molar-refractivity contribution in [3.63, 3.8) is 0 Å². The summed E-state index contributed by atoms with van der Waals surface area (Å²) in [6.07, 6.45) is 7.36.